The van der Waals surface area contributed by atoms with Crippen LogP contribution in [-0.4, -0.2) is 58.2 Å². The first-order valence-corrected chi connectivity index (χ1v) is 11.8. The Morgan fingerprint density at radius 1 is 1.29 bits per heavy atom. The molecular weight excluding hydrogens is 410 g/mol. The first kappa shape index (κ1) is 21.5. The molecule has 3 aromatic heterocycles. The number of aromatic nitrogens is 3. The smallest absolute Gasteiger partial charge is 0.276 e. The Labute approximate surface area is 186 Å². The number of nitrogens with zero attached hydrogens (tertiary/aromatic N) is 5. The van der Waals surface area contributed by atoms with Crippen molar-refractivity contribution in [2.75, 3.05) is 26.2 Å². The molecule has 0 aliphatic carbocycles. The molecule has 0 amide bonds. The molecule has 1 saturated heterocycles. The Morgan fingerprint density at radius 2 is 2.19 bits per heavy atom. The molecule has 0 atom stereocenters. The van der Waals surface area contributed by atoms with Gasteiger partial charge >= 0.3 is 0 Å². The minimum Gasteiger partial charge on any atom is -0.357 e. The third kappa shape index (κ3) is 6.35. The second-order valence-corrected chi connectivity index (χ2v) is 8.35. The second-order valence-electron chi connectivity index (χ2n) is 7.57. The zero-order chi connectivity index (χ0) is 21.3. The van der Waals surface area contributed by atoms with Crippen LogP contribution >= 0.6 is 11.3 Å². The molecule has 0 unspecified atom stereocenters. The van der Waals surface area contributed by atoms with Gasteiger partial charge in [0.2, 0.25) is 0 Å². The standard InChI is InChI=1S/C22H29N7OS/c1-2-23-22(26-18-7-12-29(13-8-18)15-17-9-14-31-16-17)25-11-6-20-27-21(30-28-20)19-5-3-4-10-24-19/h3-5,9-10,14,16,18H,2,6-8,11-13,15H2,1H3,(H2,23,25,26). The molecule has 4 rings (SSSR count). The maximum Gasteiger partial charge on any atom is 0.276 e. The number of pyridine rings is 1. The van der Waals surface area contributed by atoms with E-state index in [-0.39, 0.29) is 0 Å². The van der Waals surface area contributed by atoms with E-state index in [0.717, 1.165) is 45.0 Å². The molecule has 3 aromatic rings. The highest BCUT2D eigenvalue weighted by Crippen LogP contribution is 2.16. The molecule has 164 valence electrons. The fraction of sp³-hybridized carbons (Fsp3) is 0.455. The summed E-state index contributed by atoms with van der Waals surface area (Å²) in [4.78, 5) is 15.9. The lowest BCUT2D eigenvalue weighted by atomic mass is 10.0. The predicted molar refractivity (Wildman–Crippen MR) is 123 cm³/mol. The molecule has 0 aromatic carbocycles. The molecule has 2 N–H and O–H groups in total. The highest BCUT2D eigenvalue weighted by Gasteiger charge is 2.20. The lowest BCUT2D eigenvalue weighted by Gasteiger charge is -2.33. The van der Waals surface area contributed by atoms with Gasteiger partial charge < -0.3 is 15.2 Å². The van der Waals surface area contributed by atoms with Crippen molar-refractivity contribution in [3.63, 3.8) is 0 Å². The summed E-state index contributed by atoms with van der Waals surface area (Å²) >= 11 is 1.77. The highest BCUT2D eigenvalue weighted by atomic mass is 32.1. The summed E-state index contributed by atoms with van der Waals surface area (Å²) in [5, 5.41) is 15.4. The molecule has 0 radical (unpaired) electrons. The van der Waals surface area contributed by atoms with Crippen LogP contribution in [0.3, 0.4) is 0 Å². The zero-order valence-corrected chi connectivity index (χ0v) is 18.6. The minimum absolute atomic E-state index is 0.442. The molecular formula is C22H29N7OS. The number of nitrogens with one attached hydrogen (secondary N) is 2. The fourth-order valence-electron chi connectivity index (χ4n) is 3.61. The van der Waals surface area contributed by atoms with E-state index in [9.17, 15) is 0 Å². The first-order valence-electron chi connectivity index (χ1n) is 10.8. The number of rotatable bonds is 8. The number of guanidine groups is 1. The van der Waals surface area contributed by atoms with Crippen LogP contribution in [0.2, 0.25) is 0 Å². The van der Waals surface area contributed by atoms with Gasteiger partial charge in [0.15, 0.2) is 11.8 Å². The van der Waals surface area contributed by atoms with Crippen molar-refractivity contribution in [2.24, 2.45) is 4.99 Å². The van der Waals surface area contributed by atoms with E-state index in [1.165, 1.54) is 5.56 Å². The van der Waals surface area contributed by atoms with Crippen LogP contribution in [0.15, 0.2) is 50.7 Å². The van der Waals surface area contributed by atoms with E-state index in [1.54, 1.807) is 17.5 Å². The predicted octanol–water partition coefficient (Wildman–Crippen LogP) is 2.96. The van der Waals surface area contributed by atoms with Crippen LogP contribution in [0.5, 0.6) is 0 Å². The summed E-state index contributed by atoms with van der Waals surface area (Å²) < 4.78 is 5.32. The summed E-state index contributed by atoms with van der Waals surface area (Å²) in [7, 11) is 0. The Bertz CT molecular complexity index is 934. The summed E-state index contributed by atoms with van der Waals surface area (Å²) in [6.45, 7) is 6.76. The lowest BCUT2D eigenvalue weighted by molar-refractivity contribution is 0.198. The van der Waals surface area contributed by atoms with Gasteiger partial charge in [-0.3, -0.25) is 14.9 Å². The van der Waals surface area contributed by atoms with Crippen LogP contribution in [0, 0.1) is 0 Å². The highest BCUT2D eigenvalue weighted by molar-refractivity contribution is 7.07. The van der Waals surface area contributed by atoms with Crippen molar-refractivity contribution in [3.05, 3.63) is 52.6 Å². The van der Waals surface area contributed by atoms with Gasteiger partial charge in [0.25, 0.3) is 5.89 Å². The summed E-state index contributed by atoms with van der Waals surface area (Å²) in [5.41, 5.74) is 2.10. The van der Waals surface area contributed by atoms with Crippen molar-refractivity contribution in [1.82, 2.24) is 30.7 Å². The van der Waals surface area contributed by atoms with E-state index in [2.05, 4.69) is 54.4 Å². The average molecular weight is 440 g/mol. The molecule has 0 spiro atoms. The molecule has 0 bridgehead atoms. The second kappa shape index (κ2) is 11.0. The van der Waals surface area contributed by atoms with Gasteiger partial charge in [-0.1, -0.05) is 11.2 Å². The minimum atomic E-state index is 0.442. The molecule has 8 nitrogen and oxygen atoms in total. The Morgan fingerprint density at radius 3 is 2.94 bits per heavy atom. The third-order valence-electron chi connectivity index (χ3n) is 5.22. The summed E-state index contributed by atoms with van der Waals surface area (Å²) in [5.74, 6) is 1.94. The SMILES string of the molecule is CCNC(=NCCc1noc(-c2ccccn2)n1)NC1CCN(Cc2ccsc2)CC1. The molecule has 1 fully saturated rings. The molecule has 1 aliphatic heterocycles. The molecule has 1 aliphatic rings. The van der Waals surface area contributed by atoms with Gasteiger partial charge in [0, 0.05) is 51.4 Å². The number of likely N-dealkylation sites (tertiary alicyclic amines) is 1. The van der Waals surface area contributed by atoms with E-state index >= 15 is 0 Å². The van der Waals surface area contributed by atoms with Gasteiger partial charge in [0.1, 0.15) is 5.69 Å². The number of aliphatic imine (C=N–C) groups is 1. The number of piperidine rings is 1. The zero-order valence-electron chi connectivity index (χ0n) is 17.8. The normalized spacial score (nSPS) is 15.8. The largest absolute Gasteiger partial charge is 0.357 e. The fourth-order valence-corrected chi connectivity index (χ4v) is 4.27. The third-order valence-corrected chi connectivity index (χ3v) is 5.95. The van der Waals surface area contributed by atoms with Crippen molar-refractivity contribution < 1.29 is 4.52 Å². The topological polar surface area (TPSA) is 91.5 Å². The lowest BCUT2D eigenvalue weighted by Crippen LogP contribution is -2.48. The Hall–Kier alpha value is -2.78. The molecule has 9 heteroatoms. The molecule has 4 heterocycles. The molecule has 31 heavy (non-hydrogen) atoms. The van der Waals surface area contributed by atoms with E-state index in [1.807, 2.05) is 18.2 Å². The quantitative estimate of drug-likeness (QED) is 0.412. The number of thiophene rings is 1. The number of hydrogen-bond acceptors (Lipinski definition) is 7. The first-order chi connectivity index (χ1) is 15.3. The van der Waals surface area contributed by atoms with Crippen molar-refractivity contribution >= 4 is 17.3 Å². The summed E-state index contributed by atoms with van der Waals surface area (Å²) in [6.07, 6.45) is 4.57. The van der Waals surface area contributed by atoms with E-state index in [0.29, 0.717) is 36.4 Å². The van der Waals surface area contributed by atoms with Crippen molar-refractivity contribution in [3.8, 4) is 11.6 Å². The van der Waals surface area contributed by atoms with Crippen LogP contribution < -0.4 is 10.6 Å². The maximum absolute atomic E-state index is 5.32. The summed E-state index contributed by atoms with van der Waals surface area (Å²) in [6, 6.07) is 8.27. The monoisotopic (exact) mass is 439 g/mol. The van der Waals surface area contributed by atoms with Crippen LogP contribution in [0.1, 0.15) is 31.2 Å². The van der Waals surface area contributed by atoms with Gasteiger partial charge in [-0.2, -0.15) is 16.3 Å². The van der Waals surface area contributed by atoms with Gasteiger partial charge in [0.05, 0.1) is 0 Å². The molecule has 0 saturated carbocycles. The van der Waals surface area contributed by atoms with Gasteiger partial charge in [-0.05, 0) is 54.3 Å². The van der Waals surface area contributed by atoms with Gasteiger partial charge in [-0.25, -0.2) is 0 Å². The van der Waals surface area contributed by atoms with E-state index < -0.39 is 0 Å². The van der Waals surface area contributed by atoms with Crippen molar-refractivity contribution in [1.29, 1.82) is 0 Å². The average Bonchev–Trinajstić information content (AvgIpc) is 3.48. The Kier molecular flexibility index (Phi) is 7.62. The Balaban J connectivity index is 1.24. The van der Waals surface area contributed by atoms with E-state index in [4.69, 9.17) is 9.52 Å². The van der Waals surface area contributed by atoms with Gasteiger partial charge in [-0.15, -0.1) is 0 Å². The van der Waals surface area contributed by atoms with Crippen LogP contribution in [0.25, 0.3) is 11.6 Å². The maximum atomic E-state index is 5.32. The number of hydrogen-bond donors (Lipinski definition) is 2. The van der Waals surface area contributed by atoms with Crippen LogP contribution in [0.4, 0.5) is 0 Å². The van der Waals surface area contributed by atoms with Crippen LogP contribution in [-0.2, 0) is 13.0 Å². The van der Waals surface area contributed by atoms with Crippen molar-refractivity contribution in [2.45, 2.75) is 38.8 Å².